The molecule has 0 spiro atoms. The van der Waals surface area contributed by atoms with Crippen molar-refractivity contribution in [3.05, 3.63) is 87.6 Å². The Morgan fingerprint density at radius 3 is 2.25 bits per heavy atom. The van der Waals surface area contributed by atoms with Crippen molar-refractivity contribution in [2.45, 2.75) is 47.6 Å². The van der Waals surface area contributed by atoms with Gasteiger partial charge in [0.05, 0.1) is 0 Å². The van der Waals surface area contributed by atoms with E-state index >= 15 is 0 Å². The van der Waals surface area contributed by atoms with Gasteiger partial charge in [0.1, 0.15) is 5.75 Å². The predicted molar refractivity (Wildman–Crippen MR) is 116 cm³/mol. The summed E-state index contributed by atoms with van der Waals surface area (Å²) in [6.07, 6.45) is 0.949. The van der Waals surface area contributed by atoms with Crippen molar-refractivity contribution in [2.24, 2.45) is 0 Å². The highest BCUT2D eigenvalue weighted by Crippen LogP contribution is 2.31. The molecule has 0 fully saturated rings. The minimum atomic E-state index is 0.716. The number of nitrogens with zero attached hydrogens (tertiary/aromatic N) is 1. The molecule has 3 rings (SSSR count). The number of aryl methyl sites for hydroxylation is 4. The number of rotatable bonds is 7. The molecule has 0 atom stereocenters. The zero-order valence-corrected chi connectivity index (χ0v) is 17.6. The monoisotopic (exact) mass is 374 g/mol. The first-order chi connectivity index (χ1) is 13.4. The molecule has 3 aromatic rings. The zero-order chi connectivity index (χ0) is 20.1. The van der Waals surface area contributed by atoms with E-state index in [0.717, 1.165) is 47.6 Å². The van der Waals surface area contributed by atoms with Crippen LogP contribution in [0.25, 0.3) is 0 Å². The van der Waals surface area contributed by atoms with Crippen LogP contribution in [0.2, 0.25) is 0 Å². The van der Waals surface area contributed by atoms with Gasteiger partial charge in [0.15, 0.2) is 0 Å². The van der Waals surface area contributed by atoms with E-state index in [4.69, 9.17) is 4.74 Å². The summed E-state index contributed by atoms with van der Waals surface area (Å²) in [6.45, 7) is 12.2. The number of aromatic nitrogens is 1. The summed E-state index contributed by atoms with van der Waals surface area (Å²) < 4.78 is 6.29. The predicted octanol–water partition coefficient (Wildman–Crippen LogP) is 5.75. The fourth-order valence-electron chi connectivity index (χ4n) is 3.61. The molecule has 0 aliphatic rings. The van der Waals surface area contributed by atoms with Gasteiger partial charge in [-0.25, -0.2) is 4.98 Å². The van der Waals surface area contributed by atoms with Crippen LogP contribution in [-0.2, 0) is 13.0 Å². The molecular formula is C25H30N2O. The van der Waals surface area contributed by atoms with Crippen molar-refractivity contribution in [1.82, 2.24) is 10.3 Å². The average Bonchev–Trinajstić information content (AvgIpc) is 2.65. The molecular weight excluding hydrogens is 344 g/mol. The molecule has 0 bridgehead atoms. The van der Waals surface area contributed by atoms with Gasteiger partial charge in [0.2, 0.25) is 5.88 Å². The lowest BCUT2D eigenvalue weighted by Gasteiger charge is -2.16. The molecule has 1 N–H and O–H groups in total. The van der Waals surface area contributed by atoms with Crippen LogP contribution in [0.1, 0.15) is 39.1 Å². The second kappa shape index (κ2) is 9.03. The van der Waals surface area contributed by atoms with Crippen LogP contribution in [0.3, 0.4) is 0 Å². The Bertz CT molecular complexity index is 925. The van der Waals surface area contributed by atoms with Crippen LogP contribution in [0.4, 0.5) is 0 Å². The molecule has 0 saturated carbocycles. The summed E-state index contributed by atoms with van der Waals surface area (Å²) in [5, 5.41) is 3.53. The van der Waals surface area contributed by atoms with Crippen molar-refractivity contribution in [1.29, 1.82) is 0 Å². The molecule has 0 saturated heterocycles. The van der Waals surface area contributed by atoms with Gasteiger partial charge in [-0.3, -0.25) is 0 Å². The number of hydrogen-bond donors (Lipinski definition) is 1. The van der Waals surface area contributed by atoms with Gasteiger partial charge in [-0.2, -0.15) is 0 Å². The van der Waals surface area contributed by atoms with Gasteiger partial charge in [0, 0.05) is 17.8 Å². The van der Waals surface area contributed by atoms with Crippen LogP contribution < -0.4 is 10.1 Å². The third-order valence-corrected chi connectivity index (χ3v) is 5.01. The third-order valence-electron chi connectivity index (χ3n) is 5.01. The number of pyridine rings is 1. The number of ether oxygens (including phenoxy) is 1. The molecule has 0 aliphatic heterocycles. The lowest BCUT2D eigenvalue weighted by Crippen LogP contribution is -2.17. The van der Waals surface area contributed by atoms with E-state index in [-0.39, 0.29) is 0 Å². The second-order valence-electron chi connectivity index (χ2n) is 7.60. The van der Waals surface area contributed by atoms with E-state index in [1.54, 1.807) is 0 Å². The molecule has 1 heterocycles. The average molecular weight is 375 g/mol. The van der Waals surface area contributed by atoms with Gasteiger partial charge >= 0.3 is 0 Å². The largest absolute Gasteiger partial charge is 0.438 e. The third kappa shape index (κ3) is 4.99. The first-order valence-corrected chi connectivity index (χ1v) is 9.91. The van der Waals surface area contributed by atoms with Crippen molar-refractivity contribution in [3.63, 3.8) is 0 Å². The molecule has 0 aliphatic carbocycles. The maximum absolute atomic E-state index is 6.29. The number of benzene rings is 2. The van der Waals surface area contributed by atoms with Crippen LogP contribution in [0.15, 0.2) is 48.5 Å². The molecule has 0 radical (unpaired) electrons. The summed E-state index contributed by atoms with van der Waals surface area (Å²) >= 11 is 0. The van der Waals surface area contributed by atoms with E-state index in [2.05, 4.69) is 80.5 Å². The Balaban J connectivity index is 1.71. The van der Waals surface area contributed by atoms with Crippen LogP contribution in [0, 0.1) is 34.6 Å². The molecule has 28 heavy (non-hydrogen) atoms. The van der Waals surface area contributed by atoms with Crippen molar-refractivity contribution in [2.75, 3.05) is 6.54 Å². The summed E-state index contributed by atoms with van der Waals surface area (Å²) in [5.41, 5.74) is 8.23. The summed E-state index contributed by atoms with van der Waals surface area (Å²) in [5.74, 6) is 1.63. The minimum Gasteiger partial charge on any atom is -0.438 e. The molecule has 0 amide bonds. The van der Waals surface area contributed by atoms with Crippen LogP contribution >= 0.6 is 0 Å². The quantitative estimate of drug-likeness (QED) is 0.535. The van der Waals surface area contributed by atoms with Gasteiger partial charge in [-0.05, 0) is 75.9 Å². The lowest BCUT2D eigenvalue weighted by molar-refractivity contribution is 0.449. The Morgan fingerprint density at radius 2 is 1.57 bits per heavy atom. The van der Waals surface area contributed by atoms with E-state index in [9.17, 15) is 0 Å². The molecule has 3 heteroatoms. The minimum absolute atomic E-state index is 0.716. The normalized spacial score (nSPS) is 10.9. The Kier molecular flexibility index (Phi) is 6.48. The van der Waals surface area contributed by atoms with Crippen molar-refractivity contribution in [3.8, 4) is 11.6 Å². The SMILES string of the molecule is Cc1cc(C)c(Oc2nc(C)cc(CCNCc3ccccc3)c2C)c(C)c1. The Morgan fingerprint density at radius 1 is 0.893 bits per heavy atom. The first-order valence-electron chi connectivity index (χ1n) is 9.91. The Labute approximate surface area is 168 Å². The van der Waals surface area contributed by atoms with Crippen molar-refractivity contribution < 1.29 is 4.74 Å². The lowest BCUT2D eigenvalue weighted by atomic mass is 10.1. The molecule has 1 aromatic heterocycles. The van der Waals surface area contributed by atoms with Crippen LogP contribution in [0.5, 0.6) is 11.6 Å². The standard InChI is InChI=1S/C25H30N2O/c1-17-13-18(2)24(19(3)14-17)28-25-21(5)23(15-20(4)27-25)11-12-26-16-22-9-7-6-8-10-22/h6-10,13-15,26H,11-12,16H2,1-5H3. The molecule has 2 aromatic carbocycles. The highest BCUT2D eigenvalue weighted by molar-refractivity contribution is 5.46. The van der Waals surface area contributed by atoms with E-state index < -0.39 is 0 Å². The Hall–Kier alpha value is -2.65. The van der Waals surface area contributed by atoms with Gasteiger partial charge < -0.3 is 10.1 Å². The second-order valence-corrected chi connectivity index (χ2v) is 7.60. The summed E-state index contributed by atoms with van der Waals surface area (Å²) in [4.78, 5) is 4.67. The van der Waals surface area contributed by atoms with Crippen molar-refractivity contribution >= 4 is 0 Å². The number of hydrogen-bond acceptors (Lipinski definition) is 3. The van der Waals surface area contributed by atoms with Gasteiger partial charge in [-0.1, -0.05) is 48.0 Å². The fraction of sp³-hybridized carbons (Fsp3) is 0.320. The van der Waals surface area contributed by atoms with E-state index in [1.807, 2.05) is 13.0 Å². The van der Waals surface area contributed by atoms with Gasteiger partial charge in [0.25, 0.3) is 0 Å². The van der Waals surface area contributed by atoms with Crippen LogP contribution in [-0.4, -0.2) is 11.5 Å². The first kappa shape index (κ1) is 20.1. The molecule has 0 unspecified atom stereocenters. The molecule has 3 nitrogen and oxygen atoms in total. The summed E-state index contributed by atoms with van der Waals surface area (Å²) in [7, 11) is 0. The molecule has 146 valence electrons. The smallest absolute Gasteiger partial charge is 0.222 e. The highest BCUT2D eigenvalue weighted by Gasteiger charge is 2.13. The zero-order valence-electron chi connectivity index (χ0n) is 17.6. The van der Waals surface area contributed by atoms with E-state index in [0.29, 0.717) is 5.88 Å². The maximum atomic E-state index is 6.29. The van der Waals surface area contributed by atoms with Gasteiger partial charge in [-0.15, -0.1) is 0 Å². The number of nitrogens with one attached hydrogen (secondary N) is 1. The topological polar surface area (TPSA) is 34.1 Å². The summed E-state index contributed by atoms with van der Waals surface area (Å²) in [6, 6.07) is 17.0. The maximum Gasteiger partial charge on any atom is 0.222 e. The van der Waals surface area contributed by atoms with E-state index in [1.165, 1.54) is 16.7 Å². The fourth-order valence-corrected chi connectivity index (χ4v) is 3.61. The highest BCUT2D eigenvalue weighted by atomic mass is 16.5.